The number of carbonyl (C=O) groups excluding carboxylic acids is 1. The zero-order valence-electron chi connectivity index (χ0n) is 16.5. The molecule has 0 radical (unpaired) electrons. The van der Waals surface area contributed by atoms with Crippen molar-refractivity contribution < 1.29 is 9.53 Å². The second-order valence-corrected chi connectivity index (χ2v) is 10.4. The molecular weight excluding hydrogens is 393 g/mol. The van der Waals surface area contributed by atoms with Crippen LogP contribution in [0.15, 0.2) is 97.2 Å². The average Bonchev–Trinajstić information content (AvgIpc) is 3.33. The van der Waals surface area contributed by atoms with E-state index >= 15 is 0 Å². The van der Waals surface area contributed by atoms with Gasteiger partial charge in [0.15, 0.2) is 6.16 Å². The zero-order chi connectivity index (χ0) is 20.7. The van der Waals surface area contributed by atoms with Crippen molar-refractivity contribution in [3.8, 4) is 0 Å². The van der Waals surface area contributed by atoms with Gasteiger partial charge in [0, 0.05) is 6.42 Å². The fourth-order valence-electron chi connectivity index (χ4n) is 3.62. The molecule has 0 bridgehead atoms. The summed E-state index contributed by atoms with van der Waals surface area (Å²) in [5.74, 6) is -0.205. The lowest BCUT2D eigenvalue weighted by Gasteiger charge is -2.26. The third-order valence-electron chi connectivity index (χ3n) is 5.04. The fraction of sp³-hybridized carbons (Fsp3) is 0.125. The SMILES string of the molecule is O=C(C[P+](c1ccccc1)(c1ccccc1)c1ccccc1)OCCc1cn[nH]n1. The highest BCUT2D eigenvalue weighted by Gasteiger charge is 2.47. The van der Waals surface area contributed by atoms with E-state index in [1.54, 1.807) is 6.20 Å². The Kier molecular flexibility index (Phi) is 6.31. The van der Waals surface area contributed by atoms with E-state index in [0.717, 1.165) is 21.6 Å². The Morgan fingerprint density at radius 1 is 0.800 bits per heavy atom. The zero-order valence-corrected chi connectivity index (χ0v) is 17.4. The van der Waals surface area contributed by atoms with Crippen molar-refractivity contribution in [1.29, 1.82) is 0 Å². The van der Waals surface area contributed by atoms with E-state index in [2.05, 4.69) is 51.8 Å². The van der Waals surface area contributed by atoms with E-state index in [-0.39, 0.29) is 12.6 Å². The summed E-state index contributed by atoms with van der Waals surface area (Å²) >= 11 is 0. The number of aromatic nitrogens is 3. The quantitative estimate of drug-likeness (QED) is 0.354. The Bertz CT molecular complexity index is 959. The van der Waals surface area contributed by atoms with Gasteiger partial charge in [-0.1, -0.05) is 54.6 Å². The Labute approximate surface area is 176 Å². The minimum absolute atomic E-state index is 0.205. The van der Waals surface area contributed by atoms with Crippen molar-refractivity contribution >= 4 is 29.1 Å². The Balaban J connectivity index is 1.70. The summed E-state index contributed by atoms with van der Waals surface area (Å²) in [6, 6.07) is 30.9. The molecule has 0 saturated heterocycles. The Morgan fingerprint density at radius 3 is 1.73 bits per heavy atom. The highest BCUT2D eigenvalue weighted by atomic mass is 31.2. The molecule has 0 spiro atoms. The summed E-state index contributed by atoms with van der Waals surface area (Å²) in [5, 5.41) is 13.9. The Morgan fingerprint density at radius 2 is 1.30 bits per heavy atom. The molecule has 1 aromatic heterocycles. The van der Waals surface area contributed by atoms with Crippen LogP contribution in [0.3, 0.4) is 0 Å². The molecule has 0 amide bonds. The van der Waals surface area contributed by atoms with E-state index in [1.165, 1.54) is 0 Å². The summed E-state index contributed by atoms with van der Waals surface area (Å²) in [7, 11) is -2.22. The van der Waals surface area contributed by atoms with Gasteiger partial charge in [-0.2, -0.15) is 15.4 Å². The minimum atomic E-state index is -2.22. The van der Waals surface area contributed by atoms with Gasteiger partial charge in [-0.25, -0.2) is 4.79 Å². The summed E-state index contributed by atoms with van der Waals surface area (Å²) in [4.78, 5) is 13.1. The molecule has 0 fully saturated rings. The number of benzene rings is 3. The lowest BCUT2D eigenvalue weighted by atomic mass is 10.3. The number of esters is 1. The first-order chi connectivity index (χ1) is 14.8. The van der Waals surface area contributed by atoms with E-state index in [4.69, 9.17) is 4.74 Å². The van der Waals surface area contributed by atoms with Gasteiger partial charge in [-0.05, 0) is 36.4 Å². The topological polar surface area (TPSA) is 67.9 Å². The minimum Gasteiger partial charge on any atom is -0.463 e. The van der Waals surface area contributed by atoms with Crippen LogP contribution in [0.5, 0.6) is 0 Å². The molecule has 150 valence electrons. The molecule has 0 saturated carbocycles. The number of nitrogens with zero attached hydrogens (tertiary/aromatic N) is 2. The van der Waals surface area contributed by atoms with Crippen molar-refractivity contribution in [3.05, 3.63) is 103 Å². The second kappa shape index (κ2) is 9.47. The van der Waals surface area contributed by atoms with Crippen LogP contribution in [0, 0.1) is 0 Å². The number of hydrogen-bond acceptors (Lipinski definition) is 4. The van der Waals surface area contributed by atoms with Crippen LogP contribution in [0.1, 0.15) is 5.69 Å². The van der Waals surface area contributed by atoms with E-state index in [0.29, 0.717) is 12.6 Å². The van der Waals surface area contributed by atoms with Crippen LogP contribution in [-0.2, 0) is 16.0 Å². The van der Waals surface area contributed by atoms with Gasteiger partial charge >= 0.3 is 5.97 Å². The molecule has 0 aliphatic heterocycles. The van der Waals surface area contributed by atoms with Crippen LogP contribution in [-0.4, -0.2) is 34.1 Å². The number of carbonyl (C=O) groups is 1. The molecule has 1 heterocycles. The van der Waals surface area contributed by atoms with Crippen molar-refractivity contribution in [2.45, 2.75) is 6.42 Å². The number of H-pyrrole nitrogens is 1. The highest BCUT2D eigenvalue weighted by Crippen LogP contribution is 2.55. The summed E-state index contributed by atoms with van der Waals surface area (Å²) in [6.07, 6.45) is 2.49. The molecule has 0 aliphatic rings. The standard InChI is InChI=1S/C24H23N3O2P/c28-24(29-17-16-20-18-25-27-26-20)19-30(21-10-4-1-5-11-21,22-12-6-2-7-13-22)23-14-8-3-9-15-23/h1-15,18H,16-17,19H2,(H,25,26,27)/q+1. The smallest absolute Gasteiger partial charge is 0.345 e. The van der Waals surface area contributed by atoms with Crippen molar-refractivity contribution in [3.63, 3.8) is 0 Å². The molecule has 1 N–H and O–H groups in total. The largest absolute Gasteiger partial charge is 0.463 e. The number of ether oxygens (including phenoxy) is 1. The van der Waals surface area contributed by atoms with Gasteiger partial charge in [0.2, 0.25) is 0 Å². The number of nitrogens with one attached hydrogen (secondary N) is 1. The van der Waals surface area contributed by atoms with Gasteiger partial charge < -0.3 is 4.74 Å². The molecule has 4 rings (SSSR count). The van der Waals surface area contributed by atoms with Crippen LogP contribution in [0.25, 0.3) is 0 Å². The first-order valence-corrected chi connectivity index (χ1v) is 11.8. The van der Waals surface area contributed by atoms with Gasteiger partial charge in [0.25, 0.3) is 0 Å². The maximum absolute atomic E-state index is 13.1. The van der Waals surface area contributed by atoms with E-state index in [9.17, 15) is 4.79 Å². The third-order valence-corrected chi connectivity index (χ3v) is 9.31. The van der Waals surface area contributed by atoms with E-state index in [1.807, 2.05) is 54.6 Å². The third kappa shape index (κ3) is 4.32. The van der Waals surface area contributed by atoms with Crippen LogP contribution in [0.2, 0.25) is 0 Å². The summed E-state index contributed by atoms with van der Waals surface area (Å²) < 4.78 is 5.64. The van der Waals surface area contributed by atoms with Crippen LogP contribution >= 0.6 is 7.26 Å². The number of rotatable bonds is 8. The predicted octanol–water partition coefficient (Wildman–Crippen LogP) is 2.88. The monoisotopic (exact) mass is 416 g/mol. The molecule has 0 atom stereocenters. The summed E-state index contributed by atoms with van der Waals surface area (Å²) in [5.41, 5.74) is 0.776. The highest BCUT2D eigenvalue weighted by molar-refractivity contribution is 7.96. The average molecular weight is 416 g/mol. The molecule has 5 nitrogen and oxygen atoms in total. The summed E-state index contributed by atoms with van der Waals surface area (Å²) in [6.45, 7) is 0.281. The van der Waals surface area contributed by atoms with Gasteiger partial charge in [-0.3, -0.25) is 0 Å². The maximum atomic E-state index is 13.1. The molecule has 6 heteroatoms. The molecule has 0 unspecified atom stereocenters. The van der Waals surface area contributed by atoms with Crippen LogP contribution in [0.4, 0.5) is 0 Å². The van der Waals surface area contributed by atoms with Gasteiger partial charge in [-0.15, -0.1) is 0 Å². The molecule has 30 heavy (non-hydrogen) atoms. The maximum Gasteiger partial charge on any atom is 0.345 e. The van der Waals surface area contributed by atoms with Gasteiger partial charge in [0.05, 0.1) is 18.5 Å². The van der Waals surface area contributed by atoms with E-state index < -0.39 is 7.26 Å². The lowest BCUT2D eigenvalue weighted by molar-refractivity contribution is -0.140. The molecule has 4 aromatic rings. The van der Waals surface area contributed by atoms with Crippen LogP contribution < -0.4 is 15.9 Å². The first-order valence-electron chi connectivity index (χ1n) is 9.84. The molecular formula is C24H23N3O2P+. The lowest BCUT2D eigenvalue weighted by Crippen LogP contribution is -2.36. The fourth-order valence-corrected chi connectivity index (χ4v) is 7.59. The first kappa shape index (κ1) is 20.0. The normalized spacial score (nSPS) is 11.2. The molecule has 3 aromatic carbocycles. The van der Waals surface area contributed by atoms with Crippen molar-refractivity contribution in [1.82, 2.24) is 15.4 Å². The molecule has 0 aliphatic carbocycles. The van der Waals surface area contributed by atoms with Crippen molar-refractivity contribution in [2.75, 3.05) is 12.8 Å². The predicted molar refractivity (Wildman–Crippen MR) is 121 cm³/mol. The van der Waals surface area contributed by atoms with Gasteiger partial charge in [0.1, 0.15) is 23.2 Å². The number of aromatic amines is 1. The van der Waals surface area contributed by atoms with Crippen molar-refractivity contribution in [2.24, 2.45) is 0 Å². The Hall–Kier alpha value is -3.30. The second-order valence-electron chi connectivity index (χ2n) is 6.91. The number of hydrogen-bond donors (Lipinski definition) is 1.